The minimum atomic E-state index is -0.457. The number of carbonyl (C=O) groups excluding carboxylic acids is 2. The van der Waals surface area contributed by atoms with Crippen molar-refractivity contribution in [2.45, 2.75) is 20.3 Å². The number of hydrazine groups is 1. The van der Waals surface area contributed by atoms with Gasteiger partial charge in [-0.25, -0.2) is 0 Å². The molecule has 0 spiro atoms. The van der Waals surface area contributed by atoms with E-state index in [1.807, 2.05) is 13.0 Å². The molecule has 2 rings (SSSR count). The molecule has 6 nitrogen and oxygen atoms in total. The van der Waals surface area contributed by atoms with E-state index in [0.717, 1.165) is 8.96 Å². The molecule has 1 heterocycles. The number of fused-ring (bicyclic) bond motifs is 1. The topological polar surface area (TPSA) is 80.3 Å². The highest BCUT2D eigenvalue weighted by Crippen LogP contribution is 2.34. The maximum absolute atomic E-state index is 11.8. The van der Waals surface area contributed by atoms with Gasteiger partial charge in [0.25, 0.3) is 5.91 Å². The Balaban J connectivity index is 2.03. The quantitative estimate of drug-likeness (QED) is 0.530. The number of halogens is 2. The van der Waals surface area contributed by atoms with E-state index in [9.17, 15) is 9.59 Å². The lowest BCUT2D eigenvalue weighted by Gasteiger charge is -2.13. The summed E-state index contributed by atoms with van der Waals surface area (Å²) >= 11 is 8.27. The molecule has 1 atom stereocenters. The Kier molecular flexibility index (Phi) is 6.61. The fraction of sp³-hybridized carbons (Fsp3) is 0.312. The van der Waals surface area contributed by atoms with Gasteiger partial charge in [-0.1, -0.05) is 25.4 Å². The van der Waals surface area contributed by atoms with Crippen LogP contribution in [0.15, 0.2) is 24.4 Å². The molecule has 1 aromatic carbocycles. The molecule has 2 N–H and O–H groups in total. The predicted octanol–water partition coefficient (Wildman–Crippen LogP) is 3.07. The summed E-state index contributed by atoms with van der Waals surface area (Å²) in [6.45, 7) is 3.44. The van der Waals surface area contributed by atoms with Gasteiger partial charge in [-0.05, 0) is 47.2 Å². The van der Waals surface area contributed by atoms with E-state index < -0.39 is 5.91 Å². The number of pyridine rings is 1. The van der Waals surface area contributed by atoms with Gasteiger partial charge in [-0.2, -0.15) is 0 Å². The normalized spacial score (nSPS) is 11.8. The molecule has 0 aliphatic heterocycles. The number of rotatable bonds is 5. The summed E-state index contributed by atoms with van der Waals surface area (Å²) in [5.41, 5.74) is 5.30. The van der Waals surface area contributed by atoms with E-state index in [1.165, 1.54) is 0 Å². The minimum Gasteiger partial charge on any atom is -0.480 e. The molecule has 2 amide bonds. The molecule has 0 aliphatic rings. The second kappa shape index (κ2) is 8.48. The fourth-order valence-electron chi connectivity index (χ4n) is 1.90. The van der Waals surface area contributed by atoms with E-state index in [1.54, 1.807) is 25.3 Å². The van der Waals surface area contributed by atoms with Crippen molar-refractivity contribution in [3.63, 3.8) is 0 Å². The number of nitrogens with zero attached hydrogens (tertiary/aromatic N) is 1. The van der Waals surface area contributed by atoms with E-state index in [2.05, 4.69) is 38.4 Å². The Bertz CT molecular complexity index is 770. The maximum atomic E-state index is 11.8. The largest absolute Gasteiger partial charge is 0.480 e. The minimum absolute atomic E-state index is 0.170. The highest BCUT2D eigenvalue weighted by atomic mass is 127. The van der Waals surface area contributed by atoms with E-state index >= 15 is 0 Å². The van der Waals surface area contributed by atoms with Crippen LogP contribution in [0.25, 0.3) is 10.9 Å². The first-order chi connectivity index (χ1) is 11.4. The third kappa shape index (κ3) is 4.47. The van der Waals surface area contributed by atoms with Crippen LogP contribution in [0.4, 0.5) is 0 Å². The summed E-state index contributed by atoms with van der Waals surface area (Å²) in [4.78, 5) is 27.7. The average molecular weight is 462 g/mol. The van der Waals surface area contributed by atoms with Gasteiger partial charge < -0.3 is 4.74 Å². The van der Waals surface area contributed by atoms with Crippen molar-refractivity contribution in [2.24, 2.45) is 5.92 Å². The number of benzene rings is 1. The Morgan fingerprint density at radius 3 is 2.88 bits per heavy atom. The van der Waals surface area contributed by atoms with Crippen molar-refractivity contribution in [3.05, 3.63) is 33.0 Å². The first-order valence-corrected chi connectivity index (χ1v) is 8.84. The van der Waals surface area contributed by atoms with E-state index in [0.29, 0.717) is 22.7 Å². The molecule has 0 saturated carbocycles. The SMILES string of the molecule is CCC(C)C(=O)NNC(=O)COc1c(I)cc(Cl)c2cccnc12. The van der Waals surface area contributed by atoms with Crippen molar-refractivity contribution in [2.75, 3.05) is 6.61 Å². The maximum Gasteiger partial charge on any atom is 0.276 e. The van der Waals surface area contributed by atoms with E-state index in [-0.39, 0.29) is 18.4 Å². The third-order valence-corrected chi connectivity index (χ3v) is 4.60. The number of ether oxygens (including phenoxy) is 1. The van der Waals surface area contributed by atoms with Gasteiger partial charge >= 0.3 is 0 Å². The zero-order chi connectivity index (χ0) is 17.7. The third-order valence-electron chi connectivity index (χ3n) is 3.48. The summed E-state index contributed by atoms with van der Waals surface area (Å²) in [6, 6.07) is 5.37. The zero-order valence-corrected chi connectivity index (χ0v) is 16.1. The van der Waals surface area contributed by atoms with Crippen LogP contribution < -0.4 is 15.6 Å². The van der Waals surface area contributed by atoms with Gasteiger partial charge in [0.15, 0.2) is 12.4 Å². The lowest BCUT2D eigenvalue weighted by Crippen LogP contribution is -2.45. The number of aromatic nitrogens is 1. The highest BCUT2D eigenvalue weighted by molar-refractivity contribution is 14.1. The molecule has 24 heavy (non-hydrogen) atoms. The first-order valence-electron chi connectivity index (χ1n) is 7.38. The fourth-order valence-corrected chi connectivity index (χ4v) is 3.07. The average Bonchev–Trinajstić information content (AvgIpc) is 2.58. The summed E-state index contributed by atoms with van der Waals surface area (Å²) in [5.74, 6) is -0.379. The van der Waals surface area contributed by atoms with Gasteiger partial charge in [0.2, 0.25) is 5.91 Å². The van der Waals surface area contributed by atoms with Crippen LogP contribution in [-0.4, -0.2) is 23.4 Å². The molecule has 0 saturated heterocycles. The van der Waals surface area contributed by atoms with Crippen LogP contribution >= 0.6 is 34.2 Å². The molecule has 128 valence electrons. The molecule has 2 aromatic rings. The van der Waals surface area contributed by atoms with Gasteiger partial charge in [-0.15, -0.1) is 0 Å². The lowest BCUT2D eigenvalue weighted by molar-refractivity contribution is -0.131. The predicted molar refractivity (Wildman–Crippen MR) is 101 cm³/mol. The Hall–Kier alpha value is -1.61. The number of amides is 2. The number of nitrogens with one attached hydrogen (secondary N) is 2. The van der Waals surface area contributed by atoms with Crippen LogP contribution in [0, 0.1) is 9.49 Å². The number of hydrogen-bond acceptors (Lipinski definition) is 4. The molecule has 0 aliphatic carbocycles. The monoisotopic (exact) mass is 461 g/mol. The highest BCUT2D eigenvalue weighted by Gasteiger charge is 2.15. The smallest absolute Gasteiger partial charge is 0.276 e. The second-order valence-corrected chi connectivity index (χ2v) is 6.77. The van der Waals surface area contributed by atoms with Gasteiger partial charge in [-0.3, -0.25) is 25.4 Å². The van der Waals surface area contributed by atoms with Crippen molar-refractivity contribution in [3.8, 4) is 5.75 Å². The van der Waals surface area contributed by atoms with E-state index in [4.69, 9.17) is 16.3 Å². The molecule has 0 bridgehead atoms. The number of hydrogen-bond donors (Lipinski definition) is 2. The molecule has 0 fully saturated rings. The van der Waals surface area contributed by atoms with Gasteiger partial charge in [0, 0.05) is 17.5 Å². The molecular formula is C16H17ClIN3O3. The lowest BCUT2D eigenvalue weighted by atomic mass is 10.1. The van der Waals surface area contributed by atoms with Crippen LogP contribution in [0.2, 0.25) is 5.02 Å². The molecule has 0 radical (unpaired) electrons. The Morgan fingerprint density at radius 1 is 1.42 bits per heavy atom. The van der Waals surface area contributed by atoms with Crippen molar-refractivity contribution in [1.82, 2.24) is 15.8 Å². The zero-order valence-electron chi connectivity index (χ0n) is 13.2. The second-order valence-electron chi connectivity index (χ2n) is 5.20. The number of carbonyl (C=O) groups is 2. The van der Waals surface area contributed by atoms with Crippen LogP contribution in [-0.2, 0) is 9.59 Å². The van der Waals surface area contributed by atoms with Crippen LogP contribution in [0.5, 0.6) is 5.75 Å². The van der Waals surface area contributed by atoms with Gasteiger partial charge in [0.05, 0.1) is 8.59 Å². The van der Waals surface area contributed by atoms with Gasteiger partial charge in [0.1, 0.15) is 5.52 Å². The van der Waals surface area contributed by atoms with Crippen molar-refractivity contribution < 1.29 is 14.3 Å². The Labute approximate surface area is 158 Å². The molecule has 1 aromatic heterocycles. The summed E-state index contributed by atoms with van der Waals surface area (Å²) in [7, 11) is 0. The summed E-state index contributed by atoms with van der Waals surface area (Å²) in [6.07, 6.45) is 2.33. The first kappa shape index (κ1) is 18.7. The Morgan fingerprint density at radius 2 is 2.17 bits per heavy atom. The van der Waals surface area contributed by atoms with Crippen LogP contribution in [0.1, 0.15) is 20.3 Å². The summed E-state index contributed by atoms with van der Waals surface area (Å²) in [5, 5.41) is 1.32. The molecule has 8 heteroatoms. The van der Waals surface area contributed by atoms with Crippen molar-refractivity contribution in [1.29, 1.82) is 0 Å². The standard InChI is InChI=1S/C16H17ClIN3O3/c1-3-9(2)16(23)21-20-13(22)8-24-15-12(18)7-11(17)10-5-4-6-19-14(10)15/h4-7,9H,3,8H2,1-2H3,(H,20,22)(H,21,23). The molecule has 1 unspecified atom stereocenters. The van der Waals surface area contributed by atoms with Crippen molar-refractivity contribution >= 4 is 56.9 Å². The van der Waals surface area contributed by atoms with Crippen LogP contribution in [0.3, 0.4) is 0 Å². The molecular weight excluding hydrogens is 445 g/mol. The summed E-state index contributed by atoms with van der Waals surface area (Å²) < 4.78 is 6.34.